The van der Waals surface area contributed by atoms with Gasteiger partial charge in [0.05, 0.1) is 5.41 Å². The van der Waals surface area contributed by atoms with Gasteiger partial charge in [0.1, 0.15) is 5.75 Å². The van der Waals surface area contributed by atoms with E-state index in [1.165, 1.54) is 0 Å². The number of benzene rings is 2. The summed E-state index contributed by atoms with van der Waals surface area (Å²) in [5.41, 5.74) is 2.20. The van der Waals surface area contributed by atoms with Crippen LogP contribution in [0.5, 0.6) is 5.75 Å². The third kappa shape index (κ3) is 4.25. The Labute approximate surface area is 157 Å². The first-order chi connectivity index (χ1) is 12.3. The quantitative estimate of drug-likeness (QED) is 0.830. The maximum Gasteiger partial charge on any atom is 0.233 e. The topological polar surface area (TPSA) is 43.8 Å². The van der Waals surface area contributed by atoms with Gasteiger partial charge in [0.2, 0.25) is 5.91 Å². The van der Waals surface area contributed by atoms with Gasteiger partial charge in [-0.25, -0.2) is 0 Å². The summed E-state index contributed by atoms with van der Waals surface area (Å²) >= 11 is 0. The molecule has 0 bridgehead atoms. The number of rotatable bonds is 7. The summed E-state index contributed by atoms with van der Waals surface area (Å²) in [6.45, 7) is 2.83. The Kier molecular flexibility index (Phi) is 6.43. The van der Waals surface area contributed by atoms with Crippen molar-refractivity contribution in [3.63, 3.8) is 0 Å². The average molecular weight is 354 g/mol. The summed E-state index contributed by atoms with van der Waals surface area (Å²) in [5, 5.41) is 10.4. The normalized spacial score (nSPS) is 13.5. The summed E-state index contributed by atoms with van der Waals surface area (Å²) in [5.74, 6) is 0.304. The number of carbonyl (C=O) groups excluding carboxylic acids is 1. The van der Waals surface area contributed by atoms with Crippen LogP contribution >= 0.6 is 0 Å². The van der Waals surface area contributed by atoms with Crippen LogP contribution in [0.25, 0.3) is 0 Å². The van der Waals surface area contributed by atoms with Gasteiger partial charge in [-0.3, -0.25) is 4.79 Å². The fourth-order valence-electron chi connectivity index (χ4n) is 3.55. The molecule has 4 nitrogen and oxygen atoms in total. The Morgan fingerprint density at radius 1 is 1.00 bits per heavy atom. The Morgan fingerprint density at radius 2 is 1.62 bits per heavy atom. The van der Waals surface area contributed by atoms with Crippen molar-refractivity contribution in [2.75, 3.05) is 34.7 Å². The third-order valence-electron chi connectivity index (χ3n) is 4.95. The van der Waals surface area contributed by atoms with Crippen LogP contribution in [0.1, 0.15) is 23.1 Å². The van der Waals surface area contributed by atoms with Crippen LogP contribution in [0.15, 0.2) is 48.5 Å². The molecule has 0 heterocycles. The van der Waals surface area contributed by atoms with E-state index in [9.17, 15) is 9.90 Å². The molecule has 0 radical (unpaired) electrons. The van der Waals surface area contributed by atoms with Gasteiger partial charge < -0.3 is 14.9 Å². The SMILES string of the molecule is Cc1ccccc1C(CCN(C)C)(Cc1ccccc1O)C(=O)N(C)C. The number of phenols is 1. The zero-order chi connectivity index (χ0) is 19.3. The van der Waals surface area contributed by atoms with Crippen molar-refractivity contribution in [1.82, 2.24) is 9.80 Å². The van der Waals surface area contributed by atoms with Crippen LogP contribution in [-0.4, -0.2) is 55.5 Å². The predicted octanol–water partition coefficient (Wildman–Crippen LogP) is 3.22. The van der Waals surface area contributed by atoms with E-state index in [1.54, 1.807) is 25.1 Å². The van der Waals surface area contributed by atoms with E-state index in [0.29, 0.717) is 12.8 Å². The van der Waals surface area contributed by atoms with Crippen molar-refractivity contribution in [3.05, 3.63) is 65.2 Å². The molecule has 0 saturated carbocycles. The second kappa shape index (κ2) is 8.37. The number of aromatic hydroxyl groups is 1. The molecule has 26 heavy (non-hydrogen) atoms. The fourth-order valence-corrected chi connectivity index (χ4v) is 3.55. The van der Waals surface area contributed by atoms with Crippen molar-refractivity contribution < 1.29 is 9.90 Å². The summed E-state index contributed by atoms with van der Waals surface area (Å²) < 4.78 is 0. The minimum Gasteiger partial charge on any atom is -0.508 e. The number of phenolic OH excluding ortho intramolecular Hbond substituents is 1. The highest BCUT2D eigenvalue weighted by molar-refractivity contribution is 5.89. The molecule has 0 saturated heterocycles. The summed E-state index contributed by atoms with van der Waals surface area (Å²) in [7, 11) is 7.64. The highest BCUT2D eigenvalue weighted by Crippen LogP contribution is 2.38. The Hall–Kier alpha value is -2.33. The van der Waals surface area contributed by atoms with Gasteiger partial charge >= 0.3 is 0 Å². The lowest BCUT2D eigenvalue weighted by Crippen LogP contribution is -2.47. The second-order valence-electron chi connectivity index (χ2n) is 7.46. The molecular formula is C22H30N2O2. The largest absolute Gasteiger partial charge is 0.508 e. The Balaban J connectivity index is 2.65. The van der Waals surface area contributed by atoms with E-state index in [1.807, 2.05) is 63.5 Å². The third-order valence-corrected chi connectivity index (χ3v) is 4.95. The van der Waals surface area contributed by atoms with Crippen LogP contribution in [0.2, 0.25) is 0 Å². The highest BCUT2D eigenvalue weighted by atomic mass is 16.3. The maximum atomic E-state index is 13.5. The van der Waals surface area contributed by atoms with Crippen LogP contribution in [0.4, 0.5) is 0 Å². The highest BCUT2D eigenvalue weighted by Gasteiger charge is 2.42. The summed E-state index contributed by atoms with van der Waals surface area (Å²) in [6.07, 6.45) is 1.14. The molecule has 140 valence electrons. The number of likely N-dealkylation sites (N-methyl/N-ethyl adjacent to an activating group) is 1. The minimum atomic E-state index is -0.724. The van der Waals surface area contributed by atoms with E-state index in [4.69, 9.17) is 0 Å². The molecule has 4 heteroatoms. The second-order valence-corrected chi connectivity index (χ2v) is 7.46. The predicted molar refractivity (Wildman–Crippen MR) is 107 cm³/mol. The van der Waals surface area contributed by atoms with Crippen molar-refractivity contribution in [1.29, 1.82) is 0 Å². The summed E-state index contributed by atoms with van der Waals surface area (Å²) in [6, 6.07) is 15.4. The first-order valence-electron chi connectivity index (χ1n) is 8.97. The first kappa shape index (κ1) is 20.0. The number of carbonyl (C=O) groups is 1. The van der Waals surface area contributed by atoms with Gasteiger partial charge in [0.15, 0.2) is 0 Å². The van der Waals surface area contributed by atoms with Crippen molar-refractivity contribution >= 4 is 5.91 Å². The van der Waals surface area contributed by atoms with E-state index < -0.39 is 5.41 Å². The average Bonchev–Trinajstić information content (AvgIpc) is 2.60. The van der Waals surface area contributed by atoms with Gasteiger partial charge in [-0.2, -0.15) is 0 Å². The lowest BCUT2D eigenvalue weighted by Gasteiger charge is -2.37. The zero-order valence-corrected chi connectivity index (χ0v) is 16.5. The monoisotopic (exact) mass is 354 g/mol. The molecule has 1 N–H and O–H groups in total. The lowest BCUT2D eigenvalue weighted by molar-refractivity contribution is -0.135. The fraction of sp³-hybridized carbons (Fsp3) is 0.409. The van der Waals surface area contributed by atoms with Crippen molar-refractivity contribution in [2.24, 2.45) is 0 Å². The van der Waals surface area contributed by atoms with Crippen LogP contribution < -0.4 is 0 Å². The standard InChI is InChI=1S/C22H30N2O2/c1-17-10-6-8-12-19(17)22(14-15-23(2)3,21(26)24(4)5)16-18-11-7-9-13-20(18)25/h6-13,25H,14-16H2,1-5H3. The molecule has 0 aliphatic rings. The van der Waals surface area contributed by atoms with E-state index in [-0.39, 0.29) is 11.7 Å². The van der Waals surface area contributed by atoms with Crippen LogP contribution in [0, 0.1) is 6.92 Å². The molecule has 0 aliphatic heterocycles. The maximum absolute atomic E-state index is 13.5. The van der Waals surface area contributed by atoms with E-state index in [0.717, 1.165) is 23.2 Å². The van der Waals surface area contributed by atoms with Crippen LogP contribution in [0.3, 0.4) is 0 Å². The number of hydrogen-bond acceptors (Lipinski definition) is 3. The Bertz CT molecular complexity index is 755. The molecule has 0 aromatic heterocycles. The van der Waals surface area contributed by atoms with Gasteiger partial charge in [-0.05, 0) is 63.2 Å². The number of amides is 1. The van der Waals surface area contributed by atoms with Crippen molar-refractivity contribution in [2.45, 2.75) is 25.2 Å². The van der Waals surface area contributed by atoms with Gasteiger partial charge in [0, 0.05) is 14.1 Å². The minimum absolute atomic E-state index is 0.0666. The van der Waals surface area contributed by atoms with E-state index in [2.05, 4.69) is 4.90 Å². The molecule has 2 aromatic rings. The van der Waals surface area contributed by atoms with Gasteiger partial charge in [0.25, 0.3) is 0 Å². The molecule has 1 atom stereocenters. The van der Waals surface area contributed by atoms with Gasteiger partial charge in [-0.15, -0.1) is 0 Å². The molecule has 2 rings (SSSR count). The zero-order valence-electron chi connectivity index (χ0n) is 16.5. The molecule has 0 fully saturated rings. The molecule has 1 amide bonds. The lowest BCUT2D eigenvalue weighted by atomic mass is 9.70. The Morgan fingerprint density at radius 3 is 2.19 bits per heavy atom. The molecule has 0 aliphatic carbocycles. The number of para-hydroxylation sites is 1. The van der Waals surface area contributed by atoms with Crippen molar-refractivity contribution in [3.8, 4) is 5.75 Å². The summed E-state index contributed by atoms with van der Waals surface area (Å²) in [4.78, 5) is 17.2. The smallest absolute Gasteiger partial charge is 0.233 e. The molecule has 2 aromatic carbocycles. The first-order valence-corrected chi connectivity index (χ1v) is 8.97. The number of aryl methyl sites for hydroxylation is 1. The van der Waals surface area contributed by atoms with E-state index >= 15 is 0 Å². The van der Waals surface area contributed by atoms with Crippen LogP contribution in [-0.2, 0) is 16.6 Å². The molecule has 0 spiro atoms. The molecule has 1 unspecified atom stereocenters. The van der Waals surface area contributed by atoms with Gasteiger partial charge in [-0.1, -0.05) is 42.5 Å². The molecular weight excluding hydrogens is 324 g/mol. The number of hydrogen-bond donors (Lipinski definition) is 1. The number of nitrogens with zero attached hydrogens (tertiary/aromatic N) is 2.